The van der Waals surface area contributed by atoms with Gasteiger partial charge in [0, 0.05) is 5.25 Å². The highest BCUT2D eigenvalue weighted by molar-refractivity contribution is 8.33. The summed E-state index contributed by atoms with van der Waals surface area (Å²) in [6.07, 6.45) is 10.8. The second-order valence-electron chi connectivity index (χ2n) is 10.1. The lowest BCUT2D eigenvalue weighted by molar-refractivity contribution is 0.352. The van der Waals surface area contributed by atoms with Crippen LogP contribution in [0.25, 0.3) is 0 Å². The van der Waals surface area contributed by atoms with Gasteiger partial charge >= 0.3 is 0 Å². The maximum absolute atomic E-state index is 2.69. The predicted octanol–water partition coefficient (Wildman–Crippen LogP) is 6.71. The van der Waals surface area contributed by atoms with E-state index in [1.807, 2.05) is 0 Å². The largest absolute Gasteiger partial charge is 0.237 e. The summed E-state index contributed by atoms with van der Waals surface area (Å²) in [7, 11) is -0.666. The van der Waals surface area contributed by atoms with Crippen LogP contribution in [0.5, 0.6) is 0 Å². The molecule has 0 N–H and O–H groups in total. The molecule has 3 aliphatic carbocycles. The predicted molar refractivity (Wildman–Crippen MR) is 114 cm³/mol. The van der Waals surface area contributed by atoms with Gasteiger partial charge in [-0.05, 0) is 95.3 Å². The van der Waals surface area contributed by atoms with Crippen molar-refractivity contribution >= 4 is 10.0 Å². The van der Waals surface area contributed by atoms with Crippen molar-refractivity contribution in [3.05, 3.63) is 34.4 Å². The first-order valence-corrected chi connectivity index (χ1v) is 13.2. The van der Waals surface area contributed by atoms with E-state index in [1.54, 1.807) is 22.3 Å². The Kier molecular flexibility index (Phi) is 4.34. The van der Waals surface area contributed by atoms with Crippen LogP contribution in [-0.2, 0) is 12.8 Å². The Morgan fingerprint density at radius 2 is 1.28 bits per heavy atom. The van der Waals surface area contributed by atoms with Crippen LogP contribution < -0.4 is 0 Å². The lowest BCUT2D eigenvalue weighted by Crippen LogP contribution is -2.29. The monoisotopic (exact) mass is 358 g/mol. The van der Waals surface area contributed by atoms with E-state index in [-0.39, 0.29) is 0 Å². The molecule has 4 rings (SSSR count). The number of aryl methyl sites for hydroxylation is 2. The summed E-state index contributed by atoms with van der Waals surface area (Å²) in [5, 5.41) is 1.75. The first-order chi connectivity index (χ1) is 11.7. The lowest BCUT2D eigenvalue weighted by Gasteiger charge is -2.48. The van der Waals surface area contributed by atoms with E-state index >= 15 is 0 Å². The highest BCUT2D eigenvalue weighted by atomic mass is 32.3. The number of hydrogen-bond acceptors (Lipinski definition) is 0. The van der Waals surface area contributed by atoms with Crippen LogP contribution in [0.1, 0.15) is 80.9 Å². The molecule has 0 aliphatic heterocycles. The van der Waals surface area contributed by atoms with Gasteiger partial charge in [-0.1, -0.05) is 46.8 Å². The molecule has 0 amide bonds. The summed E-state index contributed by atoms with van der Waals surface area (Å²) in [6.45, 7) is 12.6. The van der Waals surface area contributed by atoms with Crippen molar-refractivity contribution < 1.29 is 0 Å². The standard InChI is InChI=1S/C24H38S/c1-14-11-23(22-13-20-10-8-9-19(20)12-21(14)22)25(6,7)24-17(4)15(2)16(3)18(24)5/h12-18,23-24H,8-11H2,1-7H3. The molecule has 6 atom stereocenters. The fraction of sp³-hybridized carbons (Fsp3) is 0.750. The molecule has 1 aromatic rings. The normalized spacial score (nSPS) is 41.0. The molecule has 0 nitrogen and oxygen atoms in total. The SMILES string of the molecule is CC1CC(S(C)(C)C2C(C)C(C)C(C)C2C)c2cc3c(cc21)CCC3. The lowest BCUT2D eigenvalue weighted by atomic mass is 9.92. The minimum absolute atomic E-state index is 0.666. The first-order valence-electron chi connectivity index (χ1n) is 10.6. The van der Waals surface area contributed by atoms with Gasteiger partial charge in [0.2, 0.25) is 0 Å². The van der Waals surface area contributed by atoms with E-state index in [0.717, 1.165) is 40.1 Å². The van der Waals surface area contributed by atoms with Gasteiger partial charge in [0.1, 0.15) is 0 Å². The van der Waals surface area contributed by atoms with Gasteiger partial charge in [-0.15, -0.1) is 0 Å². The van der Waals surface area contributed by atoms with Crippen LogP contribution in [-0.4, -0.2) is 17.8 Å². The minimum atomic E-state index is -0.666. The number of rotatable bonds is 2. The van der Waals surface area contributed by atoms with Crippen molar-refractivity contribution in [2.24, 2.45) is 23.7 Å². The average molecular weight is 359 g/mol. The van der Waals surface area contributed by atoms with Crippen LogP contribution in [0.2, 0.25) is 0 Å². The molecule has 3 aliphatic rings. The molecular weight excluding hydrogens is 320 g/mol. The van der Waals surface area contributed by atoms with E-state index in [2.05, 4.69) is 59.3 Å². The first kappa shape index (κ1) is 18.0. The molecular formula is C24H38S. The van der Waals surface area contributed by atoms with E-state index in [0.29, 0.717) is 0 Å². The molecule has 0 spiro atoms. The van der Waals surface area contributed by atoms with Crippen LogP contribution in [0.15, 0.2) is 12.1 Å². The number of hydrogen-bond donors (Lipinski definition) is 0. The highest BCUT2D eigenvalue weighted by Gasteiger charge is 2.50. The van der Waals surface area contributed by atoms with Crippen molar-refractivity contribution in [2.75, 3.05) is 12.5 Å². The van der Waals surface area contributed by atoms with Crippen molar-refractivity contribution in [3.8, 4) is 0 Å². The summed E-state index contributed by atoms with van der Waals surface area (Å²) in [4.78, 5) is 0. The molecule has 0 saturated heterocycles. The highest BCUT2D eigenvalue weighted by Crippen LogP contribution is 2.70. The minimum Gasteiger partial charge on any atom is -0.237 e. The maximum atomic E-state index is 2.69. The third kappa shape index (κ3) is 2.55. The summed E-state index contributed by atoms with van der Waals surface area (Å²) in [6, 6.07) is 5.28. The molecule has 25 heavy (non-hydrogen) atoms. The van der Waals surface area contributed by atoms with Crippen LogP contribution in [0, 0.1) is 23.7 Å². The fourth-order valence-corrected chi connectivity index (χ4v) is 11.6. The smallest absolute Gasteiger partial charge is 0.0146 e. The van der Waals surface area contributed by atoms with Gasteiger partial charge in [0.05, 0.1) is 0 Å². The van der Waals surface area contributed by atoms with Crippen molar-refractivity contribution in [1.82, 2.24) is 0 Å². The van der Waals surface area contributed by atoms with Gasteiger partial charge in [0.15, 0.2) is 0 Å². The summed E-state index contributed by atoms with van der Waals surface area (Å²) in [5.74, 6) is 4.28. The second-order valence-corrected chi connectivity index (χ2v) is 14.2. The molecule has 1 heteroatoms. The summed E-state index contributed by atoms with van der Waals surface area (Å²) >= 11 is 0. The molecule has 0 aromatic heterocycles. The molecule has 1 fully saturated rings. The van der Waals surface area contributed by atoms with Crippen molar-refractivity contribution in [3.63, 3.8) is 0 Å². The number of benzene rings is 1. The zero-order chi connectivity index (χ0) is 18.1. The summed E-state index contributed by atoms with van der Waals surface area (Å²) in [5.41, 5.74) is 6.83. The molecule has 1 aromatic carbocycles. The van der Waals surface area contributed by atoms with E-state index in [1.165, 1.54) is 25.7 Å². The van der Waals surface area contributed by atoms with Crippen LogP contribution >= 0.6 is 10.0 Å². The van der Waals surface area contributed by atoms with E-state index < -0.39 is 10.0 Å². The molecule has 140 valence electrons. The molecule has 0 radical (unpaired) electrons. The van der Waals surface area contributed by atoms with Crippen LogP contribution in [0.4, 0.5) is 0 Å². The number of fused-ring (bicyclic) bond motifs is 2. The van der Waals surface area contributed by atoms with Crippen molar-refractivity contribution in [2.45, 2.75) is 76.7 Å². The van der Waals surface area contributed by atoms with Crippen LogP contribution in [0.3, 0.4) is 0 Å². The Balaban J connectivity index is 1.74. The molecule has 0 bridgehead atoms. The summed E-state index contributed by atoms with van der Waals surface area (Å²) < 4.78 is 0. The zero-order valence-corrected chi connectivity index (χ0v) is 18.2. The molecule has 0 heterocycles. The van der Waals surface area contributed by atoms with Gasteiger partial charge in [0.25, 0.3) is 0 Å². The third-order valence-corrected chi connectivity index (χ3v) is 12.9. The average Bonchev–Trinajstić information content (AvgIpc) is 3.20. The van der Waals surface area contributed by atoms with Gasteiger partial charge in [-0.25, -0.2) is 10.0 Å². The Labute approximate surface area is 157 Å². The quantitative estimate of drug-likeness (QED) is 0.551. The Hall–Kier alpha value is -0.430. The van der Waals surface area contributed by atoms with Gasteiger partial charge in [-0.3, -0.25) is 0 Å². The fourth-order valence-electron chi connectivity index (χ4n) is 6.85. The zero-order valence-electron chi connectivity index (χ0n) is 17.4. The van der Waals surface area contributed by atoms with E-state index in [4.69, 9.17) is 0 Å². The second kappa shape index (κ2) is 6.04. The molecule has 6 unspecified atom stereocenters. The van der Waals surface area contributed by atoms with Gasteiger partial charge < -0.3 is 0 Å². The topological polar surface area (TPSA) is 0 Å². The maximum Gasteiger partial charge on any atom is 0.0146 e. The Morgan fingerprint density at radius 3 is 1.84 bits per heavy atom. The Morgan fingerprint density at radius 1 is 0.760 bits per heavy atom. The van der Waals surface area contributed by atoms with E-state index in [9.17, 15) is 0 Å². The Bertz CT molecular complexity index is 659. The molecule has 1 saturated carbocycles. The van der Waals surface area contributed by atoms with Crippen molar-refractivity contribution in [1.29, 1.82) is 0 Å². The third-order valence-electron chi connectivity index (χ3n) is 8.70. The van der Waals surface area contributed by atoms with Gasteiger partial charge in [-0.2, -0.15) is 0 Å².